The zero-order valence-electron chi connectivity index (χ0n) is 7.08. The summed E-state index contributed by atoms with van der Waals surface area (Å²) in [6.45, 7) is 0. The molecule has 70 valence electrons. The van der Waals surface area contributed by atoms with E-state index in [0.717, 1.165) is 5.32 Å². The predicted octanol–water partition coefficient (Wildman–Crippen LogP) is -1.19. The van der Waals surface area contributed by atoms with Crippen LogP contribution in [0.1, 0.15) is 1.43 Å². The Kier molecular flexibility index (Phi) is 8.76. The maximum Gasteiger partial charge on any atom is 1.00 e. The molecular weight excluding hydrogens is 199 g/mol. The molecule has 1 nitrogen and oxygen atoms in total. The third-order valence-corrected chi connectivity index (χ3v) is 0.761. The van der Waals surface area contributed by atoms with Crippen LogP contribution in [0.2, 0.25) is 0 Å². The van der Waals surface area contributed by atoms with E-state index in [2.05, 4.69) is 0 Å². The molecule has 0 aromatic carbocycles. The molecule has 0 aliphatic carbocycles. The Morgan fingerprint density at radius 1 is 0.750 bits per heavy atom. The molecule has 0 fully saturated rings. The number of hydrogen-bond donors (Lipinski definition) is 1. The normalized spacial score (nSPS) is 16.0. The minimum atomic E-state index is -3.51. The van der Waals surface area contributed by atoms with E-state index in [4.69, 9.17) is 0 Å². The van der Waals surface area contributed by atoms with Gasteiger partial charge in [-0.1, -0.05) is 0 Å². The Labute approximate surface area is 88.3 Å². The van der Waals surface area contributed by atoms with Crippen LogP contribution in [0.5, 0.6) is 0 Å². The fraction of sp³-hybridized carbons (Fsp3) is 1.00. The van der Waals surface area contributed by atoms with Gasteiger partial charge >= 0.3 is 29.6 Å². The summed E-state index contributed by atoms with van der Waals surface area (Å²) in [7, 11) is 0. The van der Waals surface area contributed by atoms with Gasteiger partial charge in [-0.05, 0) is 0 Å². The molecule has 0 aliphatic rings. The molecule has 8 heteroatoms. The van der Waals surface area contributed by atoms with Crippen molar-refractivity contribution in [3.63, 3.8) is 0 Å². The average molecular weight is 205 g/mol. The van der Waals surface area contributed by atoms with E-state index in [0.29, 0.717) is 0 Å². The van der Waals surface area contributed by atoms with Crippen LogP contribution in [-0.2, 0) is 0 Å². The first-order valence-electron chi connectivity index (χ1n) is 2.55. The van der Waals surface area contributed by atoms with Crippen molar-refractivity contribution in [2.45, 2.75) is 25.4 Å². The van der Waals surface area contributed by atoms with E-state index in [1.165, 1.54) is 0 Å². The van der Waals surface area contributed by atoms with Gasteiger partial charge in [-0.2, -0.15) is 0 Å². The third kappa shape index (κ3) is 6.10. The van der Waals surface area contributed by atoms with Crippen molar-refractivity contribution >= 4 is 0 Å². The SMILES string of the molecule is FC(F)C(F)NC(F)C(F)F.[H-].[Na+]. The Hall–Kier alpha value is 0.540. The molecule has 0 aliphatic heterocycles. The largest absolute Gasteiger partial charge is 1.00 e. The predicted molar refractivity (Wildman–Crippen MR) is 26.0 cm³/mol. The molecule has 0 radical (unpaired) electrons. The number of alkyl halides is 6. The standard InChI is InChI=1S/C4H5F6N.Na.H/c5-1(6)3(9)11-4(10)2(7)8;;/h1-4,11H;;/q;+1;-1. The maximum absolute atomic E-state index is 11.7. The molecule has 0 bridgehead atoms. The van der Waals surface area contributed by atoms with Crippen LogP contribution in [0.25, 0.3) is 0 Å². The van der Waals surface area contributed by atoms with Gasteiger partial charge in [0, 0.05) is 0 Å². The molecule has 1 N–H and O–H groups in total. The van der Waals surface area contributed by atoms with Gasteiger partial charge in [0.25, 0.3) is 12.9 Å². The summed E-state index contributed by atoms with van der Waals surface area (Å²) < 4.78 is 68.2. The fourth-order valence-corrected chi connectivity index (χ4v) is 0.298. The second kappa shape index (κ2) is 6.99. The van der Waals surface area contributed by atoms with E-state index >= 15 is 0 Å². The summed E-state index contributed by atoms with van der Waals surface area (Å²) in [5.74, 6) is 0. The Morgan fingerprint density at radius 2 is 1.00 bits per heavy atom. The van der Waals surface area contributed by atoms with Crippen molar-refractivity contribution in [2.75, 3.05) is 0 Å². The molecule has 0 saturated carbocycles. The van der Waals surface area contributed by atoms with E-state index in [9.17, 15) is 26.3 Å². The second-order valence-corrected chi connectivity index (χ2v) is 1.64. The van der Waals surface area contributed by atoms with Gasteiger partial charge in [-0.3, -0.25) is 0 Å². The average Bonchev–Trinajstić information content (AvgIpc) is 1.87. The van der Waals surface area contributed by atoms with Crippen LogP contribution in [0.15, 0.2) is 0 Å². The zero-order chi connectivity index (χ0) is 9.02. The minimum Gasteiger partial charge on any atom is -1.00 e. The van der Waals surface area contributed by atoms with Crippen LogP contribution in [0.3, 0.4) is 0 Å². The monoisotopic (exact) mass is 205 g/mol. The van der Waals surface area contributed by atoms with E-state index < -0.39 is 25.4 Å². The van der Waals surface area contributed by atoms with Crippen molar-refractivity contribution in [2.24, 2.45) is 0 Å². The molecule has 0 amide bonds. The molecular formula is C4H6F6NNa. The molecule has 2 atom stereocenters. The van der Waals surface area contributed by atoms with Gasteiger partial charge < -0.3 is 1.43 Å². The first kappa shape index (κ1) is 15.0. The van der Waals surface area contributed by atoms with Gasteiger partial charge in [-0.15, -0.1) is 0 Å². The van der Waals surface area contributed by atoms with Gasteiger partial charge in [0.1, 0.15) is 0 Å². The quantitative estimate of drug-likeness (QED) is 0.346. The molecule has 0 spiro atoms. The topological polar surface area (TPSA) is 12.0 Å². The summed E-state index contributed by atoms with van der Waals surface area (Å²) in [5, 5.41) is 0.745. The maximum atomic E-state index is 11.7. The Balaban J connectivity index is -0.000000500. The molecule has 0 aromatic heterocycles. The van der Waals surface area contributed by atoms with Crippen LogP contribution in [0.4, 0.5) is 26.3 Å². The number of halogens is 6. The summed E-state index contributed by atoms with van der Waals surface area (Å²) >= 11 is 0. The van der Waals surface area contributed by atoms with Gasteiger partial charge in [0.05, 0.1) is 0 Å². The first-order chi connectivity index (χ1) is 4.95. The van der Waals surface area contributed by atoms with Crippen molar-refractivity contribution in [1.29, 1.82) is 0 Å². The number of hydrogen-bond acceptors (Lipinski definition) is 1. The van der Waals surface area contributed by atoms with Crippen molar-refractivity contribution in [1.82, 2.24) is 5.32 Å². The van der Waals surface area contributed by atoms with Crippen LogP contribution in [-0.4, -0.2) is 25.4 Å². The zero-order valence-corrected chi connectivity index (χ0v) is 8.08. The van der Waals surface area contributed by atoms with Crippen molar-refractivity contribution < 1.29 is 57.3 Å². The number of rotatable bonds is 4. The fourth-order valence-electron chi connectivity index (χ4n) is 0.298. The molecule has 0 aromatic rings. The Morgan fingerprint density at radius 3 is 1.17 bits per heavy atom. The van der Waals surface area contributed by atoms with Gasteiger partial charge in [0.15, 0.2) is 0 Å². The summed E-state index contributed by atoms with van der Waals surface area (Å²) in [4.78, 5) is 0. The molecule has 0 rings (SSSR count). The van der Waals surface area contributed by atoms with E-state index in [-0.39, 0.29) is 31.0 Å². The van der Waals surface area contributed by atoms with Gasteiger partial charge in [0.2, 0.25) is 12.6 Å². The summed E-state index contributed by atoms with van der Waals surface area (Å²) in [6.07, 6.45) is -13.1. The summed E-state index contributed by atoms with van der Waals surface area (Å²) in [5.41, 5.74) is 0. The Bertz CT molecular complexity index is 105. The minimum absolute atomic E-state index is 0. The van der Waals surface area contributed by atoms with Crippen LogP contribution < -0.4 is 34.9 Å². The molecule has 0 saturated heterocycles. The molecule has 0 heterocycles. The van der Waals surface area contributed by atoms with Gasteiger partial charge in [-0.25, -0.2) is 31.7 Å². The van der Waals surface area contributed by atoms with Crippen LogP contribution >= 0.6 is 0 Å². The third-order valence-electron chi connectivity index (χ3n) is 0.761. The summed E-state index contributed by atoms with van der Waals surface area (Å²) in [6, 6.07) is 0. The van der Waals surface area contributed by atoms with Crippen LogP contribution in [0, 0.1) is 0 Å². The smallest absolute Gasteiger partial charge is 1.00 e. The van der Waals surface area contributed by atoms with Crippen molar-refractivity contribution in [3.8, 4) is 0 Å². The number of nitrogens with one attached hydrogen (secondary N) is 1. The van der Waals surface area contributed by atoms with Crippen molar-refractivity contribution in [3.05, 3.63) is 0 Å². The van der Waals surface area contributed by atoms with E-state index in [1.54, 1.807) is 0 Å². The molecule has 12 heavy (non-hydrogen) atoms. The second-order valence-electron chi connectivity index (χ2n) is 1.64. The molecule has 2 unspecified atom stereocenters. The first-order valence-corrected chi connectivity index (χ1v) is 2.55. The van der Waals surface area contributed by atoms with E-state index in [1.807, 2.05) is 0 Å².